The average molecular weight is 295 g/mol. The first-order valence-corrected chi connectivity index (χ1v) is 7.56. The first-order chi connectivity index (χ1) is 9.20. The normalized spacial score (nSPS) is 15.5. The van der Waals surface area contributed by atoms with Gasteiger partial charge in [0, 0.05) is 17.2 Å². The summed E-state index contributed by atoms with van der Waals surface area (Å²) >= 11 is 2.65. The highest BCUT2D eigenvalue weighted by molar-refractivity contribution is 8.04. The van der Waals surface area contributed by atoms with Crippen molar-refractivity contribution in [1.82, 2.24) is 4.90 Å². The molecule has 1 aliphatic heterocycles. The SMILES string of the molecule is C=CCN1C(=O)C(SCCO)=C(c2cccs2)C1=O. The fraction of sp³-hybridized carbons (Fsp3) is 0.231. The van der Waals surface area contributed by atoms with Gasteiger partial charge in [-0.25, -0.2) is 0 Å². The predicted molar refractivity (Wildman–Crippen MR) is 77.7 cm³/mol. The molecule has 0 aliphatic carbocycles. The van der Waals surface area contributed by atoms with E-state index in [4.69, 9.17) is 5.11 Å². The molecule has 0 fully saturated rings. The minimum Gasteiger partial charge on any atom is -0.396 e. The number of thioether (sulfide) groups is 1. The maximum Gasteiger partial charge on any atom is 0.268 e. The molecule has 1 aromatic heterocycles. The lowest BCUT2D eigenvalue weighted by atomic mass is 10.2. The molecule has 0 radical (unpaired) electrons. The van der Waals surface area contributed by atoms with E-state index in [0.29, 0.717) is 16.2 Å². The Morgan fingerprint density at radius 3 is 2.79 bits per heavy atom. The minimum absolute atomic E-state index is 0.0329. The van der Waals surface area contributed by atoms with Gasteiger partial charge in [-0.1, -0.05) is 12.1 Å². The smallest absolute Gasteiger partial charge is 0.268 e. The van der Waals surface area contributed by atoms with Crippen molar-refractivity contribution in [2.45, 2.75) is 0 Å². The Bertz CT molecular complexity index is 534. The summed E-state index contributed by atoms with van der Waals surface area (Å²) in [4.78, 5) is 26.9. The van der Waals surface area contributed by atoms with E-state index in [-0.39, 0.29) is 25.0 Å². The van der Waals surface area contributed by atoms with Crippen LogP contribution in [-0.4, -0.2) is 40.7 Å². The number of thiophene rings is 1. The van der Waals surface area contributed by atoms with Crippen molar-refractivity contribution in [1.29, 1.82) is 0 Å². The molecule has 19 heavy (non-hydrogen) atoms. The Morgan fingerprint density at radius 1 is 1.42 bits per heavy atom. The zero-order valence-corrected chi connectivity index (χ0v) is 11.8. The number of carbonyl (C=O) groups is 2. The van der Waals surface area contributed by atoms with Gasteiger partial charge in [0.15, 0.2) is 0 Å². The minimum atomic E-state index is -0.299. The largest absolute Gasteiger partial charge is 0.396 e. The molecular formula is C13H13NO3S2. The molecule has 2 amide bonds. The highest BCUT2D eigenvalue weighted by Gasteiger charge is 2.38. The van der Waals surface area contributed by atoms with Crippen molar-refractivity contribution in [3.05, 3.63) is 40.0 Å². The van der Waals surface area contributed by atoms with E-state index in [1.807, 2.05) is 17.5 Å². The highest BCUT2D eigenvalue weighted by Crippen LogP contribution is 2.37. The number of rotatable bonds is 6. The van der Waals surface area contributed by atoms with Crippen molar-refractivity contribution in [3.63, 3.8) is 0 Å². The zero-order chi connectivity index (χ0) is 13.8. The highest BCUT2D eigenvalue weighted by atomic mass is 32.2. The number of imide groups is 1. The van der Waals surface area contributed by atoms with Gasteiger partial charge in [-0.3, -0.25) is 14.5 Å². The quantitative estimate of drug-likeness (QED) is 0.641. The van der Waals surface area contributed by atoms with Crippen LogP contribution in [0.15, 0.2) is 35.1 Å². The number of amides is 2. The summed E-state index contributed by atoms with van der Waals surface area (Å²) < 4.78 is 0. The third-order valence-corrected chi connectivity index (χ3v) is 4.48. The molecule has 1 aromatic rings. The van der Waals surface area contributed by atoms with Gasteiger partial charge in [0.2, 0.25) is 0 Å². The molecule has 0 saturated carbocycles. The molecule has 0 aromatic carbocycles. The van der Waals surface area contributed by atoms with E-state index in [1.54, 1.807) is 0 Å². The molecule has 2 rings (SSSR count). The molecule has 1 aliphatic rings. The summed E-state index contributed by atoms with van der Waals surface area (Å²) in [6.07, 6.45) is 1.53. The van der Waals surface area contributed by atoms with Crippen LogP contribution in [0.3, 0.4) is 0 Å². The summed E-state index contributed by atoms with van der Waals surface area (Å²) in [7, 11) is 0. The molecule has 100 valence electrons. The van der Waals surface area contributed by atoms with Gasteiger partial charge in [0.25, 0.3) is 11.8 Å². The molecule has 2 heterocycles. The monoisotopic (exact) mass is 295 g/mol. The second kappa shape index (κ2) is 6.18. The van der Waals surface area contributed by atoms with E-state index < -0.39 is 0 Å². The van der Waals surface area contributed by atoms with Crippen LogP contribution < -0.4 is 0 Å². The first kappa shape index (κ1) is 14.0. The summed E-state index contributed by atoms with van der Waals surface area (Å²) in [5.74, 6) is -0.190. The van der Waals surface area contributed by atoms with Crippen molar-refractivity contribution in [2.75, 3.05) is 18.9 Å². The number of aliphatic hydroxyl groups is 1. The molecule has 0 atom stereocenters. The van der Waals surface area contributed by atoms with E-state index in [2.05, 4.69) is 6.58 Å². The van der Waals surface area contributed by atoms with Gasteiger partial charge in [-0.2, -0.15) is 0 Å². The molecule has 0 spiro atoms. The number of aliphatic hydroxyl groups excluding tert-OH is 1. The third-order valence-electron chi connectivity index (χ3n) is 2.54. The van der Waals surface area contributed by atoms with Crippen LogP contribution in [0.25, 0.3) is 5.57 Å². The molecule has 0 unspecified atom stereocenters. The maximum absolute atomic E-state index is 12.3. The van der Waals surface area contributed by atoms with Crippen LogP contribution in [0.5, 0.6) is 0 Å². The Kier molecular flexibility index (Phi) is 4.57. The lowest BCUT2D eigenvalue weighted by Gasteiger charge is -2.11. The Balaban J connectivity index is 2.40. The third kappa shape index (κ3) is 2.65. The first-order valence-electron chi connectivity index (χ1n) is 5.69. The van der Waals surface area contributed by atoms with Crippen molar-refractivity contribution < 1.29 is 14.7 Å². The summed E-state index contributed by atoms with van der Waals surface area (Å²) in [5.41, 5.74) is 0.445. The Labute approximate surface area is 119 Å². The molecule has 1 N–H and O–H groups in total. The second-order valence-electron chi connectivity index (χ2n) is 3.76. The van der Waals surface area contributed by atoms with Crippen LogP contribution in [0, 0.1) is 0 Å². The molecule has 0 bridgehead atoms. The van der Waals surface area contributed by atoms with Crippen molar-refractivity contribution in [3.8, 4) is 0 Å². The average Bonchev–Trinajstić information content (AvgIpc) is 2.99. The number of hydrogen-bond acceptors (Lipinski definition) is 5. The number of hydrogen-bond donors (Lipinski definition) is 1. The van der Waals surface area contributed by atoms with E-state index in [0.717, 1.165) is 4.88 Å². The maximum atomic E-state index is 12.3. The summed E-state index contributed by atoms with van der Waals surface area (Å²) in [5, 5.41) is 10.8. The fourth-order valence-corrected chi connectivity index (χ4v) is 3.47. The summed E-state index contributed by atoms with van der Waals surface area (Å²) in [6, 6.07) is 3.66. The van der Waals surface area contributed by atoms with Crippen molar-refractivity contribution >= 4 is 40.5 Å². The second-order valence-corrected chi connectivity index (χ2v) is 5.82. The zero-order valence-electron chi connectivity index (χ0n) is 10.2. The lowest BCUT2D eigenvalue weighted by Crippen LogP contribution is -2.31. The van der Waals surface area contributed by atoms with Crippen LogP contribution >= 0.6 is 23.1 Å². The Morgan fingerprint density at radius 2 is 2.21 bits per heavy atom. The molecule has 6 heteroatoms. The number of carbonyl (C=O) groups excluding carboxylic acids is 2. The van der Waals surface area contributed by atoms with Crippen molar-refractivity contribution in [2.24, 2.45) is 0 Å². The predicted octanol–water partition coefficient (Wildman–Crippen LogP) is 1.74. The molecule has 0 saturated heterocycles. The molecular weight excluding hydrogens is 282 g/mol. The van der Waals surface area contributed by atoms with Crippen LogP contribution in [-0.2, 0) is 9.59 Å². The van der Waals surface area contributed by atoms with Gasteiger partial charge in [-0.05, 0) is 11.4 Å². The van der Waals surface area contributed by atoms with E-state index in [9.17, 15) is 9.59 Å². The standard InChI is InChI=1S/C13H13NO3S2/c1-2-5-14-12(16)10(9-4-3-7-18-9)11(13(14)17)19-8-6-15/h2-4,7,15H,1,5-6,8H2. The van der Waals surface area contributed by atoms with Gasteiger partial charge < -0.3 is 5.11 Å². The summed E-state index contributed by atoms with van der Waals surface area (Å²) in [6.45, 7) is 3.73. The van der Waals surface area contributed by atoms with Crippen LogP contribution in [0.1, 0.15) is 4.88 Å². The number of nitrogens with zero attached hydrogens (tertiary/aromatic N) is 1. The molecule has 4 nitrogen and oxygen atoms in total. The van der Waals surface area contributed by atoms with Gasteiger partial charge in [0.1, 0.15) is 0 Å². The Hall–Kier alpha value is -1.37. The van der Waals surface area contributed by atoms with Crippen LogP contribution in [0.2, 0.25) is 0 Å². The van der Waals surface area contributed by atoms with E-state index >= 15 is 0 Å². The van der Waals surface area contributed by atoms with E-state index in [1.165, 1.54) is 34.1 Å². The van der Waals surface area contributed by atoms with Crippen LogP contribution in [0.4, 0.5) is 0 Å². The van der Waals surface area contributed by atoms with Gasteiger partial charge in [0.05, 0.1) is 17.1 Å². The fourth-order valence-electron chi connectivity index (χ4n) is 1.77. The van der Waals surface area contributed by atoms with Gasteiger partial charge in [-0.15, -0.1) is 29.7 Å². The lowest BCUT2D eigenvalue weighted by molar-refractivity contribution is -0.135. The van der Waals surface area contributed by atoms with Gasteiger partial charge >= 0.3 is 0 Å². The topological polar surface area (TPSA) is 57.6 Å².